The number of rotatable bonds is 6. The molecule has 0 spiro atoms. The molecule has 0 N–H and O–H groups in total. The molecule has 0 amide bonds. The lowest BCUT2D eigenvalue weighted by Gasteiger charge is -2.22. The van der Waals surface area contributed by atoms with Gasteiger partial charge in [-0.1, -0.05) is 0 Å². The first-order valence-electron chi connectivity index (χ1n) is 6.52. The molecule has 1 heterocycles. The maximum Gasteiger partial charge on any atom is 0.227 e. The van der Waals surface area contributed by atoms with E-state index in [1.807, 2.05) is 43.8 Å². The maximum absolute atomic E-state index is 8.85. The van der Waals surface area contributed by atoms with E-state index in [9.17, 15) is 0 Å². The number of nitrogens with zero attached hydrogens (tertiary/aromatic N) is 6. The van der Waals surface area contributed by atoms with E-state index in [0.29, 0.717) is 19.0 Å². The summed E-state index contributed by atoms with van der Waals surface area (Å²) < 4.78 is 0. The first-order valence-corrected chi connectivity index (χ1v) is 6.52. The van der Waals surface area contributed by atoms with Crippen LogP contribution < -0.4 is 9.80 Å². The summed E-state index contributed by atoms with van der Waals surface area (Å²) >= 11 is 0. The molecule has 2 unspecified atom stereocenters. The molecule has 1 aromatic heterocycles. The van der Waals surface area contributed by atoms with Crippen molar-refractivity contribution in [2.45, 2.75) is 13.8 Å². The molecular formula is C14H20N6. The van der Waals surface area contributed by atoms with Crippen molar-refractivity contribution in [2.24, 2.45) is 11.8 Å². The summed E-state index contributed by atoms with van der Waals surface area (Å²) in [4.78, 5) is 12.5. The second kappa shape index (κ2) is 7.30. The van der Waals surface area contributed by atoms with Crippen molar-refractivity contribution in [2.75, 3.05) is 37.0 Å². The van der Waals surface area contributed by atoms with E-state index in [1.54, 1.807) is 6.20 Å². The van der Waals surface area contributed by atoms with Gasteiger partial charge in [0.2, 0.25) is 5.95 Å². The van der Waals surface area contributed by atoms with Gasteiger partial charge in [0.05, 0.1) is 24.0 Å². The summed E-state index contributed by atoms with van der Waals surface area (Å²) in [6, 6.07) is 6.21. The predicted molar refractivity (Wildman–Crippen MR) is 78.1 cm³/mol. The van der Waals surface area contributed by atoms with Gasteiger partial charge in [0.15, 0.2) is 0 Å². The van der Waals surface area contributed by atoms with E-state index >= 15 is 0 Å². The van der Waals surface area contributed by atoms with Crippen molar-refractivity contribution in [1.29, 1.82) is 10.5 Å². The number of hydrogen-bond donors (Lipinski definition) is 0. The first kappa shape index (κ1) is 15.7. The zero-order valence-corrected chi connectivity index (χ0v) is 12.4. The van der Waals surface area contributed by atoms with Gasteiger partial charge < -0.3 is 9.80 Å². The third-order valence-electron chi connectivity index (χ3n) is 2.90. The molecule has 6 nitrogen and oxygen atoms in total. The Labute approximate surface area is 120 Å². The van der Waals surface area contributed by atoms with Crippen LogP contribution in [0.2, 0.25) is 0 Å². The summed E-state index contributed by atoms with van der Waals surface area (Å²) in [6.45, 7) is 4.93. The Kier molecular flexibility index (Phi) is 5.74. The second-order valence-electron chi connectivity index (χ2n) is 5.04. The highest BCUT2D eigenvalue weighted by Crippen LogP contribution is 2.14. The van der Waals surface area contributed by atoms with Gasteiger partial charge in [0, 0.05) is 33.4 Å². The van der Waals surface area contributed by atoms with Gasteiger partial charge in [-0.2, -0.15) is 15.5 Å². The highest BCUT2D eigenvalue weighted by atomic mass is 15.3. The fraction of sp³-hybridized carbons (Fsp3) is 0.571. The molecule has 0 bridgehead atoms. The molecule has 1 aromatic rings. The topological polar surface area (TPSA) is 79.8 Å². The lowest BCUT2D eigenvalue weighted by molar-refractivity contribution is 0.692. The Hall–Kier alpha value is -2.34. The van der Waals surface area contributed by atoms with Gasteiger partial charge >= 0.3 is 0 Å². The van der Waals surface area contributed by atoms with Gasteiger partial charge in [-0.3, -0.25) is 0 Å². The van der Waals surface area contributed by atoms with Crippen LogP contribution in [-0.2, 0) is 0 Å². The second-order valence-corrected chi connectivity index (χ2v) is 5.04. The maximum atomic E-state index is 8.85. The molecule has 1 rings (SSSR count). The van der Waals surface area contributed by atoms with Crippen LogP contribution in [-0.4, -0.2) is 37.2 Å². The summed E-state index contributed by atoms with van der Waals surface area (Å²) in [5.74, 6) is 1.22. The van der Waals surface area contributed by atoms with Gasteiger partial charge in [-0.05, 0) is 19.9 Å². The third-order valence-corrected chi connectivity index (χ3v) is 2.90. The molecule has 0 saturated carbocycles. The number of hydrogen-bond acceptors (Lipinski definition) is 6. The zero-order valence-electron chi connectivity index (χ0n) is 12.4. The van der Waals surface area contributed by atoms with Crippen LogP contribution in [0.4, 0.5) is 11.8 Å². The van der Waals surface area contributed by atoms with Crippen LogP contribution in [0.1, 0.15) is 13.8 Å². The molecule has 0 aliphatic carbocycles. The van der Waals surface area contributed by atoms with Crippen LogP contribution in [0.5, 0.6) is 0 Å². The summed E-state index contributed by atoms with van der Waals surface area (Å²) in [6.07, 6.45) is 1.69. The quantitative estimate of drug-likeness (QED) is 0.783. The fourth-order valence-electron chi connectivity index (χ4n) is 1.81. The summed E-state index contributed by atoms with van der Waals surface area (Å²) in [5.41, 5.74) is 0. The van der Waals surface area contributed by atoms with E-state index in [-0.39, 0.29) is 11.8 Å². The van der Waals surface area contributed by atoms with Crippen LogP contribution in [0.3, 0.4) is 0 Å². The van der Waals surface area contributed by atoms with E-state index in [2.05, 4.69) is 22.1 Å². The van der Waals surface area contributed by atoms with E-state index in [4.69, 9.17) is 10.5 Å². The van der Waals surface area contributed by atoms with Crippen molar-refractivity contribution in [3.8, 4) is 12.1 Å². The lowest BCUT2D eigenvalue weighted by atomic mass is 10.2. The molecule has 6 heteroatoms. The highest BCUT2D eigenvalue weighted by Gasteiger charge is 2.12. The van der Waals surface area contributed by atoms with Gasteiger partial charge in [-0.15, -0.1) is 0 Å². The Morgan fingerprint density at radius 3 is 2.20 bits per heavy atom. The monoisotopic (exact) mass is 272 g/mol. The van der Waals surface area contributed by atoms with Crippen molar-refractivity contribution in [1.82, 2.24) is 9.97 Å². The molecule has 0 radical (unpaired) electrons. The smallest absolute Gasteiger partial charge is 0.227 e. The molecular weight excluding hydrogens is 252 g/mol. The molecule has 106 valence electrons. The van der Waals surface area contributed by atoms with Crippen molar-refractivity contribution in [3.63, 3.8) is 0 Å². The minimum Gasteiger partial charge on any atom is -0.358 e. The SMILES string of the molecule is CC(C#N)CN(C)c1ccnc(N(C)CC(C)C#N)n1. The average Bonchev–Trinajstić information content (AvgIpc) is 2.46. The molecule has 0 saturated heterocycles. The van der Waals surface area contributed by atoms with E-state index in [0.717, 1.165) is 5.82 Å². The Morgan fingerprint density at radius 2 is 1.65 bits per heavy atom. The standard InChI is InChI=1S/C14H20N6/c1-11(7-15)9-19(3)13-5-6-17-14(18-13)20(4)10-12(2)8-16/h5-6,11-12H,9-10H2,1-4H3. The van der Waals surface area contributed by atoms with E-state index < -0.39 is 0 Å². The molecule has 0 aliphatic rings. The third kappa shape index (κ3) is 4.40. The molecule has 0 aliphatic heterocycles. The van der Waals surface area contributed by atoms with Crippen LogP contribution in [0.25, 0.3) is 0 Å². The average molecular weight is 272 g/mol. The number of nitriles is 2. The molecule has 20 heavy (non-hydrogen) atoms. The fourth-order valence-corrected chi connectivity index (χ4v) is 1.81. The lowest BCUT2D eigenvalue weighted by Crippen LogP contribution is -2.27. The number of aromatic nitrogens is 2. The zero-order chi connectivity index (χ0) is 15.1. The Morgan fingerprint density at radius 1 is 1.10 bits per heavy atom. The molecule has 2 atom stereocenters. The predicted octanol–water partition coefficient (Wildman–Crippen LogP) is 1.67. The van der Waals surface area contributed by atoms with Gasteiger partial charge in [0.25, 0.3) is 0 Å². The Balaban J connectivity index is 2.80. The largest absolute Gasteiger partial charge is 0.358 e. The van der Waals surface area contributed by atoms with Crippen molar-refractivity contribution >= 4 is 11.8 Å². The van der Waals surface area contributed by atoms with Crippen LogP contribution in [0.15, 0.2) is 12.3 Å². The summed E-state index contributed by atoms with van der Waals surface area (Å²) in [5, 5.41) is 17.7. The molecule has 0 aromatic carbocycles. The highest BCUT2D eigenvalue weighted by molar-refractivity contribution is 5.43. The minimum atomic E-state index is -0.0800. The Bertz CT molecular complexity index is 472. The molecule has 0 fully saturated rings. The van der Waals surface area contributed by atoms with Gasteiger partial charge in [-0.25, -0.2) is 4.98 Å². The van der Waals surface area contributed by atoms with Crippen LogP contribution >= 0.6 is 0 Å². The summed E-state index contributed by atoms with van der Waals surface area (Å²) in [7, 11) is 3.77. The van der Waals surface area contributed by atoms with E-state index in [1.165, 1.54) is 0 Å². The van der Waals surface area contributed by atoms with Crippen molar-refractivity contribution < 1.29 is 0 Å². The first-order chi connectivity index (χ1) is 9.47. The van der Waals surface area contributed by atoms with Crippen molar-refractivity contribution in [3.05, 3.63) is 12.3 Å². The minimum absolute atomic E-state index is 0.0604. The van der Waals surface area contributed by atoms with Crippen LogP contribution in [0, 0.1) is 34.5 Å². The number of anilines is 2. The normalized spacial score (nSPS) is 12.9. The van der Waals surface area contributed by atoms with Gasteiger partial charge in [0.1, 0.15) is 5.82 Å².